The summed E-state index contributed by atoms with van der Waals surface area (Å²) in [5.41, 5.74) is 4.84. The number of hydrogen-bond acceptors (Lipinski definition) is 0. The lowest BCUT2D eigenvalue weighted by Crippen LogP contribution is -1.96. The number of aryl methyl sites for hydroxylation is 1. The van der Waals surface area contributed by atoms with Crippen LogP contribution in [0.25, 0.3) is 11.1 Å². The molecule has 2 unspecified atom stereocenters. The van der Waals surface area contributed by atoms with Gasteiger partial charge in [-0.1, -0.05) is 61.5 Å². The monoisotopic (exact) mass is 270 g/mol. The van der Waals surface area contributed by atoms with E-state index in [2.05, 4.69) is 70.8 Å². The molecule has 2 atom stereocenters. The zero-order valence-electron chi connectivity index (χ0n) is 11.7. The molecule has 0 fully saturated rings. The van der Waals surface area contributed by atoms with Gasteiger partial charge in [-0.3, -0.25) is 0 Å². The van der Waals surface area contributed by atoms with Gasteiger partial charge in [0.15, 0.2) is 0 Å². The smallest absolute Gasteiger partial charge is 0.0184 e. The molecule has 2 aromatic carbocycles. The third-order valence-electron chi connectivity index (χ3n) is 3.63. The van der Waals surface area contributed by atoms with Crippen LogP contribution in [0.4, 0.5) is 0 Å². The zero-order chi connectivity index (χ0) is 13.5. The summed E-state index contributed by atoms with van der Waals surface area (Å²) in [5.74, 6) is 0. The molecule has 0 N–H and O–H groups in total. The quantitative estimate of drug-likeness (QED) is 0.622. The Hall–Kier alpha value is -1.13. The molecule has 0 amide bonds. The highest BCUT2D eigenvalue weighted by Gasteiger charge is 2.00. The van der Waals surface area contributed by atoms with Gasteiger partial charge in [0.25, 0.3) is 0 Å². The number of rotatable bonds is 6. The number of hydrogen-bond donors (Lipinski definition) is 0. The van der Waals surface area contributed by atoms with Gasteiger partial charge >= 0.3 is 0 Å². The van der Waals surface area contributed by atoms with Crippen molar-refractivity contribution in [2.75, 3.05) is 0 Å². The normalized spacial score (nSPS) is 12.3. The topological polar surface area (TPSA) is 0 Å². The summed E-state index contributed by atoms with van der Waals surface area (Å²) in [5, 5.41) is 0. The van der Waals surface area contributed by atoms with Crippen molar-refractivity contribution in [1.29, 1.82) is 0 Å². The van der Waals surface area contributed by atoms with E-state index in [1.54, 1.807) is 0 Å². The molecule has 0 nitrogen and oxygen atoms in total. The SMILES string of the molecule is CCC(P)CCCc1ccc(-c2ccccc2)cc1. The summed E-state index contributed by atoms with van der Waals surface area (Å²) >= 11 is 0. The molecule has 0 saturated carbocycles. The molecule has 0 spiro atoms. The fourth-order valence-corrected chi connectivity index (χ4v) is 2.50. The van der Waals surface area contributed by atoms with Crippen molar-refractivity contribution >= 4 is 9.24 Å². The van der Waals surface area contributed by atoms with Crippen LogP contribution in [0.1, 0.15) is 31.7 Å². The van der Waals surface area contributed by atoms with E-state index in [1.165, 1.54) is 42.4 Å². The first-order chi connectivity index (χ1) is 9.29. The maximum Gasteiger partial charge on any atom is -0.0184 e. The van der Waals surface area contributed by atoms with Crippen molar-refractivity contribution in [2.24, 2.45) is 0 Å². The van der Waals surface area contributed by atoms with Gasteiger partial charge in [0, 0.05) is 0 Å². The van der Waals surface area contributed by atoms with Crippen molar-refractivity contribution in [3.05, 3.63) is 60.2 Å². The molecule has 1 heteroatoms. The van der Waals surface area contributed by atoms with Crippen molar-refractivity contribution in [3.8, 4) is 11.1 Å². The summed E-state index contributed by atoms with van der Waals surface area (Å²) in [4.78, 5) is 0. The molecule has 0 bridgehead atoms. The van der Waals surface area contributed by atoms with Crippen LogP contribution in [0.5, 0.6) is 0 Å². The van der Waals surface area contributed by atoms with E-state index in [0.717, 1.165) is 5.66 Å². The van der Waals surface area contributed by atoms with Gasteiger partial charge in [-0.05, 0) is 48.0 Å². The molecule has 0 aliphatic carbocycles. The average molecular weight is 270 g/mol. The summed E-state index contributed by atoms with van der Waals surface area (Å²) in [6.45, 7) is 2.26. The van der Waals surface area contributed by atoms with Gasteiger partial charge < -0.3 is 0 Å². The van der Waals surface area contributed by atoms with Crippen molar-refractivity contribution < 1.29 is 0 Å². The highest BCUT2D eigenvalue weighted by molar-refractivity contribution is 7.17. The van der Waals surface area contributed by atoms with Crippen LogP contribution in [-0.4, -0.2) is 5.66 Å². The second-order valence-corrected chi connectivity index (χ2v) is 6.07. The Labute approximate surface area is 119 Å². The zero-order valence-corrected chi connectivity index (χ0v) is 12.8. The van der Waals surface area contributed by atoms with Gasteiger partial charge in [-0.25, -0.2) is 0 Å². The lowest BCUT2D eigenvalue weighted by Gasteiger charge is -2.08. The molecule has 0 aliphatic heterocycles. The van der Waals surface area contributed by atoms with Crippen LogP contribution in [0.3, 0.4) is 0 Å². The molecule has 0 aliphatic rings. The summed E-state index contributed by atoms with van der Waals surface area (Å²) in [6.07, 6.45) is 5.05. The highest BCUT2D eigenvalue weighted by atomic mass is 31.0. The van der Waals surface area contributed by atoms with Crippen molar-refractivity contribution in [1.82, 2.24) is 0 Å². The van der Waals surface area contributed by atoms with Gasteiger partial charge in [-0.15, -0.1) is 9.24 Å². The van der Waals surface area contributed by atoms with Crippen LogP contribution in [0, 0.1) is 0 Å². The first-order valence-electron chi connectivity index (χ1n) is 7.19. The van der Waals surface area contributed by atoms with Crippen molar-refractivity contribution in [3.63, 3.8) is 0 Å². The minimum atomic E-state index is 0.781. The minimum Gasteiger partial charge on any atom is -0.134 e. The average Bonchev–Trinajstić information content (AvgIpc) is 2.48. The molecule has 2 aromatic rings. The van der Waals surface area contributed by atoms with E-state index in [1.807, 2.05) is 0 Å². The highest BCUT2D eigenvalue weighted by Crippen LogP contribution is 2.20. The standard InChI is InChI=1S/C18H23P/c1-2-18(19)10-6-7-15-11-13-17(14-12-15)16-8-4-3-5-9-16/h3-5,8-9,11-14,18H,2,6-7,10,19H2,1H3. The molecule has 100 valence electrons. The van der Waals surface area contributed by atoms with Gasteiger partial charge in [-0.2, -0.15) is 0 Å². The molecular weight excluding hydrogens is 247 g/mol. The van der Waals surface area contributed by atoms with E-state index in [9.17, 15) is 0 Å². The molecule has 19 heavy (non-hydrogen) atoms. The largest absolute Gasteiger partial charge is 0.134 e. The van der Waals surface area contributed by atoms with Gasteiger partial charge in [0.05, 0.1) is 0 Å². The van der Waals surface area contributed by atoms with E-state index >= 15 is 0 Å². The van der Waals surface area contributed by atoms with Crippen LogP contribution in [-0.2, 0) is 6.42 Å². The predicted octanol–water partition coefficient (Wildman–Crippen LogP) is 5.33. The van der Waals surface area contributed by atoms with Crippen LogP contribution >= 0.6 is 9.24 Å². The number of benzene rings is 2. The fourth-order valence-electron chi connectivity index (χ4n) is 2.27. The Morgan fingerprint density at radius 2 is 1.53 bits per heavy atom. The van der Waals surface area contributed by atoms with E-state index in [-0.39, 0.29) is 0 Å². The molecule has 0 saturated heterocycles. The van der Waals surface area contributed by atoms with E-state index in [4.69, 9.17) is 0 Å². The lowest BCUT2D eigenvalue weighted by molar-refractivity contribution is 0.682. The Kier molecular flexibility index (Phi) is 5.61. The Morgan fingerprint density at radius 3 is 2.16 bits per heavy atom. The van der Waals surface area contributed by atoms with E-state index < -0.39 is 0 Å². The second-order valence-electron chi connectivity index (χ2n) is 5.12. The van der Waals surface area contributed by atoms with E-state index in [0.29, 0.717) is 0 Å². The minimum absolute atomic E-state index is 0.781. The summed E-state index contributed by atoms with van der Waals surface area (Å²) in [7, 11) is 2.94. The van der Waals surface area contributed by atoms with Crippen LogP contribution in [0.15, 0.2) is 54.6 Å². The van der Waals surface area contributed by atoms with Gasteiger partial charge in [0.2, 0.25) is 0 Å². The molecule has 0 heterocycles. The maximum atomic E-state index is 2.94. The maximum absolute atomic E-state index is 2.94. The van der Waals surface area contributed by atoms with Gasteiger partial charge in [0.1, 0.15) is 0 Å². The first kappa shape index (κ1) is 14.3. The Balaban J connectivity index is 1.92. The van der Waals surface area contributed by atoms with Crippen LogP contribution in [0.2, 0.25) is 0 Å². The third kappa shape index (κ3) is 4.48. The third-order valence-corrected chi connectivity index (χ3v) is 4.43. The molecule has 0 radical (unpaired) electrons. The predicted molar refractivity (Wildman–Crippen MR) is 88.6 cm³/mol. The Morgan fingerprint density at radius 1 is 0.895 bits per heavy atom. The van der Waals surface area contributed by atoms with Crippen molar-refractivity contribution in [2.45, 2.75) is 38.3 Å². The summed E-state index contributed by atoms with van der Waals surface area (Å²) in [6, 6.07) is 19.6. The summed E-state index contributed by atoms with van der Waals surface area (Å²) < 4.78 is 0. The Bertz CT molecular complexity index is 473. The fraction of sp³-hybridized carbons (Fsp3) is 0.333. The lowest BCUT2D eigenvalue weighted by atomic mass is 10.0. The molecule has 0 aromatic heterocycles. The second kappa shape index (κ2) is 7.46. The molecular formula is C18H23P. The first-order valence-corrected chi connectivity index (χ1v) is 7.86. The van der Waals surface area contributed by atoms with Crippen LogP contribution < -0.4 is 0 Å². The molecule has 2 rings (SSSR count).